The number of fused-ring (bicyclic) bond motifs is 2. The largest absolute Gasteiger partial charge is 0.467 e. The summed E-state index contributed by atoms with van der Waals surface area (Å²) >= 11 is 1.68. The third-order valence-corrected chi connectivity index (χ3v) is 9.20. The Morgan fingerprint density at radius 3 is 2.67 bits per heavy atom. The van der Waals surface area contributed by atoms with E-state index in [0.717, 1.165) is 53.1 Å². The lowest BCUT2D eigenvalue weighted by Gasteiger charge is -2.33. The highest BCUT2D eigenvalue weighted by Crippen LogP contribution is 2.45. The molecule has 0 aliphatic heterocycles. The van der Waals surface area contributed by atoms with Crippen LogP contribution >= 0.6 is 11.3 Å². The van der Waals surface area contributed by atoms with Crippen LogP contribution in [0.25, 0.3) is 10.9 Å². The number of amides is 1. The van der Waals surface area contributed by atoms with E-state index in [-0.39, 0.29) is 11.3 Å². The summed E-state index contributed by atoms with van der Waals surface area (Å²) in [6, 6.07) is 22.6. The molecule has 1 aliphatic rings. The first-order valence-electron chi connectivity index (χ1n) is 14.0. The van der Waals surface area contributed by atoms with Gasteiger partial charge < -0.3 is 14.3 Å². The van der Waals surface area contributed by atoms with Gasteiger partial charge in [0.25, 0.3) is 5.91 Å². The van der Waals surface area contributed by atoms with Crippen molar-refractivity contribution in [3.05, 3.63) is 112 Å². The summed E-state index contributed by atoms with van der Waals surface area (Å²) in [7, 11) is 0. The van der Waals surface area contributed by atoms with Crippen molar-refractivity contribution in [2.24, 2.45) is 16.3 Å². The van der Waals surface area contributed by atoms with Gasteiger partial charge in [-0.15, -0.1) is 11.3 Å². The quantitative estimate of drug-likeness (QED) is 0.208. The Morgan fingerprint density at radius 2 is 1.90 bits per heavy atom. The van der Waals surface area contributed by atoms with Gasteiger partial charge in [0.15, 0.2) is 0 Å². The third kappa shape index (κ3) is 5.41. The standard InChI is InChI=1S/C34H35N3O2S/c1-34(2,3)25-15-16-28-30(18-25)40-33(31(28)32(38)35-20-26-12-9-17-39-26)36-19-24-22-37(21-23-10-5-4-6-11-23)29-14-8-7-13-27(24)29/h4-14,17,19,22,25H,15-16,18,20-21H2,1-3H3,(H,35,38)/t25-/m0/s1. The summed E-state index contributed by atoms with van der Waals surface area (Å²) in [6.07, 6.45) is 8.72. The van der Waals surface area contributed by atoms with E-state index in [0.29, 0.717) is 12.5 Å². The molecule has 1 aliphatic carbocycles. The molecule has 3 heterocycles. The molecule has 3 aromatic heterocycles. The Bertz CT molecular complexity index is 1650. The molecule has 1 atom stereocenters. The second kappa shape index (κ2) is 10.9. The van der Waals surface area contributed by atoms with Crippen molar-refractivity contribution in [3.8, 4) is 0 Å². The van der Waals surface area contributed by atoms with Gasteiger partial charge in [0.1, 0.15) is 10.8 Å². The van der Waals surface area contributed by atoms with Gasteiger partial charge in [0.05, 0.1) is 18.4 Å². The van der Waals surface area contributed by atoms with E-state index in [2.05, 4.69) is 85.4 Å². The molecule has 1 amide bonds. The van der Waals surface area contributed by atoms with Crippen molar-refractivity contribution in [3.63, 3.8) is 0 Å². The maximum atomic E-state index is 13.6. The van der Waals surface area contributed by atoms with Crippen molar-refractivity contribution in [1.82, 2.24) is 9.88 Å². The van der Waals surface area contributed by atoms with Crippen LogP contribution in [-0.2, 0) is 25.9 Å². The third-order valence-electron chi connectivity index (χ3n) is 8.04. The molecular formula is C34H35N3O2S. The van der Waals surface area contributed by atoms with Crippen molar-refractivity contribution >= 4 is 39.4 Å². The molecule has 0 unspecified atom stereocenters. The minimum absolute atomic E-state index is 0.0817. The summed E-state index contributed by atoms with van der Waals surface area (Å²) < 4.78 is 7.72. The number of hydrogen-bond donors (Lipinski definition) is 1. The Hall–Kier alpha value is -3.90. The fourth-order valence-corrected chi connectivity index (χ4v) is 6.99. The maximum absolute atomic E-state index is 13.6. The highest BCUT2D eigenvalue weighted by molar-refractivity contribution is 7.16. The molecule has 1 N–H and O–H groups in total. The molecule has 5 nitrogen and oxygen atoms in total. The molecule has 204 valence electrons. The molecule has 2 aromatic carbocycles. The van der Waals surface area contributed by atoms with Crippen LogP contribution in [0.5, 0.6) is 0 Å². The van der Waals surface area contributed by atoms with Gasteiger partial charge in [-0.05, 0) is 59.9 Å². The number of rotatable bonds is 7. The van der Waals surface area contributed by atoms with Gasteiger partial charge in [0.2, 0.25) is 0 Å². The van der Waals surface area contributed by atoms with Crippen molar-refractivity contribution in [2.45, 2.75) is 53.1 Å². The van der Waals surface area contributed by atoms with Gasteiger partial charge in [-0.1, -0.05) is 69.3 Å². The van der Waals surface area contributed by atoms with Crippen LogP contribution in [0.15, 0.2) is 88.6 Å². The van der Waals surface area contributed by atoms with Crippen LogP contribution in [0.4, 0.5) is 5.00 Å². The van der Waals surface area contributed by atoms with Gasteiger partial charge in [-0.3, -0.25) is 4.79 Å². The summed E-state index contributed by atoms with van der Waals surface area (Å²) in [5.74, 6) is 1.24. The number of nitrogens with one attached hydrogen (secondary N) is 1. The number of benzene rings is 2. The molecule has 0 spiro atoms. The number of nitrogens with zero attached hydrogens (tertiary/aromatic N) is 2. The van der Waals surface area contributed by atoms with Gasteiger partial charge in [-0.2, -0.15) is 0 Å². The fraction of sp³-hybridized carbons (Fsp3) is 0.294. The molecular weight excluding hydrogens is 514 g/mol. The van der Waals surface area contributed by atoms with Gasteiger partial charge in [-0.25, -0.2) is 4.99 Å². The topological polar surface area (TPSA) is 59.5 Å². The highest BCUT2D eigenvalue weighted by Gasteiger charge is 2.33. The zero-order valence-corrected chi connectivity index (χ0v) is 24.1. The van der Waals surface area contributed by atoms with Crippen molar-refractivity contribution < 1.29 is 9.21 Å². The molecule has 6 heteroatoms. The van der Waals surface area contributed by atoms with E-state index in [4.69, 9.17) is 9.41 Å². The number of carbonyl (C=O) groups excluding carboxylic acids is 1. The average molecular weight is 550 g/mol. The summed E-state index contributed by atoms with van der Waals surface area (Å²) in [4.78, 5) is 19.9. The first-order valence-corrected chi connectivity index (χ1v) is 14.8. The van der Waals surface area contributed by atoms with E-state index in [1.807, 2.05) is 24.4 Å². The molecule has 0 saturated carbocycles. The normalized spacial score (nSPS) is 15.5. The summed E-state index contributed by atoms with van der Waals surface area (Å²) in [5, 5.41) is 5.02. The number of furan rings is 1. The number of para-hydroxylation sites is 1. The maximum Gasteiger partial charge on any atom is 0.255 e. The first-order chi connectivity index (χ1) is 19.4. The molecule has 5 aromatic rings. The number of aliphatic imine (C=N–C) groups is 1. The first kappa shape index (κ1) is 26.3. The van der Waals surface area contributed by atoms with Crippen LogP contribution in [0, 0.1) is 11.3 Å². The van der Waals surface area contributed by atoms with Crippen LogP contribution in [-0.4, -0.2) is 16.7 Å². The molecule has 0 saturated heterocycles. The number of hydrogen-bond acceptors (Lipinski definition) is 4. The number of carbonyl (C=O) groups is 1. The minimum atomic E-state index is -0.0817. The predicted octanol–water partition coefficient (Wildman–Crippen LogP) is 8.18. The highest BCUT2D eigenvalue weighted by atomic mass is 32.1. The lowest BCUT2D eigenvalue weighted by atomic mass is 9.72. The van der Waals surface area contributed by atoms with Crippen molar-refractivity contribution in [1.29, 1.82) is 0 Å². The molecule has 40 heavy (non-hydrogen) atoms. The van der Waals surface area contributed by atoms with E-state index in [9.17, 15) is 4.79 Å². The second-order valence-corrected chi connectivity index (χ2v) is 12.8. The zero-order chi connectivity index (χ0) is 27.7. The Kier molecular flexibility index (Phi) is 7.20. The van der Waals surface area contributed by atoms with Gasteiger partial charge >= 0.3 is 0 Å². The van der Waals surface area contributed by atoms with E-state index >= 15 is 0 Å². The number of aromatic nitrogens is 1. The van der Waals surface area contributed by atoms with E-state index < -0.39 is 0 Å². The molecule has 0 fully saturated rings. The van der Waals surface area contributed by atoms with Gasteiger partial charge in [0, 0.05) is 40.3 Å². The Balaban J connectivity index is 1.35. The summed E-state index contributed by atoms with van der Waals surface area (Å²) in [6.45, 7) is 8.10. The lowest BCUT2D eigenvalue weighted by molar-refractivity contribution is 0.0947. The SMILES string of the molecule is CC(C)(C)[C@H]1CCc2c(sc(N=Cc3cn(Cc4ccccc4)c4ccccc34)c2C(=O)NCc2ccco2)C1. The van der Waals surface area contributed by atoms with E-state index in [1.165, 1.54) is 21.5 Å². The molecule has 0 radical (unpaired) electrons. The smallest absolute Gasteiger partial charge is 0.255 e. The molecule has 6 rings (SSSR count). The Labute approximate surface area is 239 Å². The van der Waals surface area contributed by atoms with Crippen molar-refractivity contribution in [2.75, 3.05) is 0 Å². The minimum Gasteiger partial charge on any atom is -0.467 e. The van der Waals surface area contributed by atoms with Crippen LogP contribution in [0.2, 0.25) is 0 Å². The lowest BCUT2D eigenvalue weighted by Crippen LogP contribution is -2.28. The summed E-state index contributed by atoms with van der Waals surface area (Å²) in [5.41, 5.74) is 5.59. The van der Waals surface area contributed by atoms with Crippen LogP contribution in [0.3, 0.4) is 0 Å². The zero-order valence-electron chi connectivity index (χ0n) is 23.3. The monoisotopic (exact) mass is 549 g/mol. The molecule has 0 bridgehead atoms. The van der Waals surface area contributed by atoms with E-state index in [1.54, 1.807) is 17.6 Å². The van der Waals surface area contributed by atoms with Crippen LogP contribution < -0.4 is 5.32 Å². The predicted molar refractivity (Wildman–Crippen MR) is 164 cm³/mol. The second-order valence-electron chi connectivity index (χ2n) is 11.7. The fourth-order valence-electron chi connectivity index (χ4n) is 5.72. The Morgan fingerprint density at radius 1 is 1.10 bits per heavy atom. The average Bonchev–Trinajstić information content (AvgIpc) is 3.68. The number of thiophene rings is 1. The van der Waals surface area contributed by atoms with Crippen LogP contribution in [0.1, 0.15) is 64.9 Å².